The molecule has 4 N–H and O–H groups in total. The molecule has 1 heterocycles. The van der Waals surface area contributed by atoms with Crippen LogP contribution in [0.3, 0.4) is 0 Å². The number of allylic oxidation sites excluding steroid dienone is 1. The summed E-state index contributed by atoms with van der Waals surface area (Å²) in [6.07, 6.45) is 3.12. The zero-order chi connectivity index (χ0) is 27.2. The maximum Gasteiger partial charge on any atom is 0.321 e. The maximum absolute atomic E-state index is 12.4. The first-order chi connectivity index (χ1) is 17.6. The average Bonchev–Trinajstić information content (AvgIpc) is 3.53. The van der Waals surface area contributed by atoms with E-state index >= 15 is 0 Å². The lowest BCUT2D eigenvalue weighted by atomic mass is 9.65. The Morgan fingerprint density at radius 3 is 2.62 bits per heavy atom. The Morgan fingerprint density at radius 1 is 1.30 bits per heavy atom. The number of ether oxygens (including phenoxy) is 2. The van der Waals surface area contributed by atoms with Crippen LogP contribution in [0.25, 0.3) is 0 Å². The van der Waals surface area contributed by atoms with Crippen molar-refractivity contribution >= 4 is 35.3 Å². The highest BCUT2D eigenvalue weighted by atomic mass is 35.5. The molecule has 3 amide bonds. The highest BCUT2D eigenvalue weighted by Crippen LogP contribution is 2.55. The van der Waals surface area contributed by atoms with Crippen LogP contribution in [0.1, 0.15) is 51.2 Å². The summed E-state index contributed by atoms with van der Waals surface area (Å²) < 4.78 is 12.2. The monoisotopic (exact) mass is 554 g/mol. The van der Waals surface area contributed by atoms with Crippen LogP contribution in [0.2, 0.25) is 0 Å². The summed E-state index contributed by atoms with van der Waals surface area (Å²) in [5, 5.41) is 26.8. The first-order valence-corrected chi connectivity index (χ1v) is 14.2. The molecule has 2 aliphatic rings. The number of aliphatic hydroxyl groups is 2. The van der Waals surface area contributed by atoms with E-state index in [1.165, 1.54) is 5.57 Å². The number of hydrogen-bond donors (Lipinski definition) is 4. The second-order valence-corrected chi connectivity index (χ2v) is 11.6. The van der Waals surface area contributed by atoms with Gasteiger partial charge >= 0.3 is 6.03 Å². The third-order valence-electron chi connectivity index (χ3n) is 7.39. The number of rotatable bonds is 11. The van der Waals surface area contributed by atoms with Gasteiger partial charge in [-0.3, -0.25) is 10.1 Å². The molecule has 2 fully saturated rings. The van der Waals surface area contributed by atoms with E-state index in [0.29, 0.717) is 24.3 Å². The van der Waals surface area contributed by atoms with E-state index in [1.54, 1.807) is 18.9 Å². The molecule has 206 valence electrons. The number of urea groups is 1. The second-order valence-electron chi connectivity index (χ2n) is 10.3. The van der Waals surface area contributed by atoms with Gasteiger partial charge in [0.25, 0.3) is 0 Å². The lowest BCUT2D eigenvalue weighted by Crippen LogP contribution is -2.64. The summed E-state index contributed by atoms with van der Waals surface area (Å²) in [6.45, 7) is 6.05. The van der Waals surface area contributed by atoms with E-state index in [1.807, 2.05) is 45.0 Å². The van der Waals surface area contributed by atoms with Crippen molar-refractivity contribution in [3.63, 3.8) is 0 Å². The molecular formula is C27H39ClN2O6S. The van der Waals surface area contributed by atoms with Gasteiger partial charge in [-0.2, -0.15) is 11.8 Å². The second kappa shape index (κ2) is 13.0. The highest BCUT2D eigenvalue weighted by Gasteiger charge is 2.67. The number of thioether (sulfide) groups is 1. The molecule has 8 nitrogen and oxygen atoms in total. The lowest BCUT2D eigenvalue weighted by molar-refractivity contribution is -0.137. The Labute approximate surface area is 228 Å². The minimum absolute atomic E-state index is 0.0328. The number of alkyl halides is 1. The van der Waals surface area contributed by atoms with Gasteiger partial charge in [-0.25, -0.2) is 4.79 Å². The van der Waals surface area contributed by atoms with Gasteiger partial charge in [0.05, 0.1) is 30.5 Å². The van der Waals surface area contributed by atoms with Gasteiger partial charge in [-0.1, -0.05) is 35.9 Å². The standard InChI is InChI=1S/C27H39ClN2O6S/c1-17(2)9-10-21-26(3,36-21)24-23(35-4)20(29-25(33)30-22(32)13-28)11-12-27(24,34)16-37-15-19-8-6-5-7-18(19)14-31/h5-9,20-21,23-24,31,34H,10-16H2,1-4H3,(H2,29,30,32,33). The smallest absolute Gasteiger partial charge is 0.321 e. The van der Waals surface area contributed by atoms with E-state index in [2.05, 4.69) is 16.7 Å². The van der Waals surface area contributed by atoms with Crippen LogP contribution in [0.15, 0.2) is 35.9 Å². The SMILES string of the molecule is COC1C(NC(=O)NC(=O)CCl)CCC(O)(CSCc2ccccc2CO)C1C1(C)OC1CC=C(C)C. The molecule has 6 unspecified atom stereocenters. The third-order valence-corrected chi connectivity index (χ3v) is 8.85. The number of benzene rings is 1. The fourth-order valence-corrected chi connectivity index (χ4v) is 6.81. The van der Waals surface area contributed by atoms with Gasteiger partial charge in [-0.15, -0.1) is 11.6 Å². The molecule has 6 atom stereocenters. The van der Waals surface area contributed by atoms with Gasteiger partial charge in [0.15, 0.2) is 0 Å². The summed E-state index contributed by atoms with van der Waals surface area (Å²) in [4.78, 5) is 24.0. The summed E-state index contributed by atoms with van der Waals surface area (Å²) in [5.74, 6) is -0.245. The Balaban J connectivity index is 1.81. The first kappa shape index (κ1) is 29.9. The minimum Gasteiger partial charge on any atom is -0.392 e. The normalized spacial score (nSPS) is 30.9. The molecule has 3 rings (SSSR count). The Hall–Kier alpha value is -1.62. The molecule has 37 heavy (non-hydrogen) atoms. The van der Waals surface area contributed by atoms with E-state index in [0.717, 1.165) is 17.5 Å². The number of hydrogen-bond acceptors (Lipinski definition) is 7. The fraction of sp³-hybridized carbons (Fsp3) is 0.630. The van der Waals surface area contributed by atoms with E-state index in [9.17, 15) is 19.8 Å². The highest BCUT2D eigenvalue weighted by molar-refractivity contribution is 7.98. The third kappa shape index (κ3) is 7.28. The van der Waals surface area contributed by atoms with E-state index < -0.39 is 41.2 Å². The molecule has 1 aliphatic carbocycles. The molecule has 1 saturated carbocycles. The summed E-state index contributed by atoms with van der Waals surface area (Å²) in [7, 11) is 1.57. The molecule has 10 heteroatoms. The number of carbonyl (C=O) groups is 2. The van der Waals surface area contributed by atoms with Gasteiger partial charge in [0.1, 0.15) is 11.5 Å². The van der Waals surface area contributed by atoms with Crippen LogP contribution in [0.5, 0.6) is 0 Å². The summed E-state index contributed by atoms with van der Waals surface area (Å²) in [5.41, 5.74) is 1.34. The number of imide groups is 1. The van der Waals surface area contributed by atoms with Crippen molar-refractivity contribution < 1.29 is 29.3 Å². The van der Waals surface area contributed by atoms with Crippen molar-refractivity contribution in [2.75, 3.05) is 18.7 Å². The Kier molecular flexibility index (Phi) is 10.5. The molecule has 0 bridgehead atoms. The van der Waals surface area contributed by atoms with Crippen molar-refractivity contribution in [2.45, 2.75) is 81.8 Å². The van der Waals surface area contributed by atoms with E-state index in [4.69, 9.17) is 21.1 Å². The number of epoxide rings is 1. The van der Waals surface area contributed by atoms with Crippen LogP contribution in [0, 0.1) is 5.92 Å². The zero-order valence-electron chi connectivity index (χ0n) is 22.0. The van der Waals surface area contributed by atoms with Gasteiger partial charge in [-0.05, 0) is 51.2 Å². The fourth-order valence-electron chi connectivity index (χ4n) is 5.47. The molecule has 1 aromatic carbocycles. The van der Waals surface area contributed by atoms with Crippen molar-refractivity contribution in [1.29, 1.82) is 0 Å². The van der Waals surface area contributed by atoms with E-state index in [-0.39, 0.29) is 18.6 Å². The lowest BCUT2D eigenvalue weighted by Gasteiger charge is -2.49. The van der Waals surface area contributed by atoms with Crippen LogP contribution in [0.4, 0.5) is 4.79 Å². The van der Waals surface area contributed by atoms with Crippen molar-refractivity contribution in [1.82, 2.24) is 10.6 Å². The van der Waals surface area contributed by atoms with Crippen molar-refractivity contribution in [2.24, 2.45) is 5.92 Å². The van der Waals surface area contributed by atoms with Crippen LogP contribution >= 0.6 is 23.4 Å². The number of methoxy groups -OCH3 is 1. The number of amides is 3. The van der Waals surface area contributed by atoms with Gasteiger partial charge in [0, 0.05) is 24.5 Å². The number of aliphatic hydroxyl groups excluding tert-OH is 1. The predicted molar refractivity (Wildman–Crippen MR) is 146 cm³/mol. The molecule has 0 spiro atoms. The maximum atomic E-state index is 12.4. The summed E-state index contributed by atoms with van der Waals surface area (Å²) >= 11 is 7.12. The number of carbonyl (C=O) groups excluding carboxylic acids is 2. The molecule has 1 saturated heterocycles. The molecule has 0 radical (unpaired) electrons. The van der Waals surface area contributed by atoms with Crippen molar-refractivity contribution in [3.05, 3.63) is 47.0 Å². The van der Waals surface area contributed by atoms with Gasteiger partial charge in [0.2, 0.25) is 5.91 Å². The molecular weight excluding hydrogens is 516 g/mol. The van der Waals surface area contributed by atoms with Crippen LogP contribution < -0.4 is 10.6 Å². The predicted octanol–water partition coefficient (Wildman–Crippen LogP) is 3.52. The molecule has 1 aromatic rings. The first-order valence-electron chi connectivity index (χ1n) is 12.6. The molecule has 1 aliphatic heterocycles. The van der Waals surface area contributed by atoms with Crippen LogP contribution in [-0.4, -0.2) is 70.3 Å². The topological polar surface area (TPSA) is 120 Å². The summed E-state index contributed by atoms with van der Waals surface area (Å²) in [6, 6.07) is 6.66. The minimum atomic E-state index is -1.12. The number of nitrogens with one attached hydrogen (secondary N) is 2. The average molecular weight is 555 g/mol. The quantitative estimate of drug-likeness (QED) is 0.188. The Bertz CT molecular complexity index is 989. The van der Waals surface area contributed by atoms with Gasteiger partial charge < -0.3 is 25.0 Å². The number of halogens is 1. The Morgan fingerprint density at radius 2 is 2.00 bits per heavy atom. The largest absolute Gasteiger partial charge is 0.392 e. The zero-order valence-corrected chi connectivity index (χ0v) is 23.5. The van der Waals surface area contributed by atoms with Crippen LogP contribution in [-0.2, 0) is 26.6 Å². The molecule has 0 aromatic heterocycles. The van der Waals surface area contributed by atoms with Crippen molar-refractivity contribution in [3.8, 4) is 0 Å².